The van der Waals surface area contributed by atoms with Crippen molar-refractivity contribution in [2.45, 2.75) is 22.3 Å². The largest absolute Gasteiger partial charge is 0.507 e. The van der Waals surface area contributed by atoms with Crippen molar-refractivity contribution in [2.75, 3.05) is 13.1 Å². The molecule has 0 amide bonds. The zero-order valence-electron chi connectivity index (χ0n) is 15.6. The molecule has 0 aliphatic rings. The monoisotopic (exact) mass is 431 g/mol. The minimum absolute atomic E-state index is 0.107. The van der Waals surface area contributed by atoms with Crippen LogP contribution in [0.1, 0.15) is 17.2 Å². The Bertz CT molecular complexity index is 1070. The molecule has 0 bridgehead atoms. The molecule has 29 heavy (non-hydrogen) atoms. The number of para-hydroxylation sites is 1. The maximum Gasteiger partial charge on any atom is 0.210 e. The summed E-state index contributed by atoms with van der Waals surface area (Å²) in [6.07, 6.45) is 0.0268. The molecule has 0 unspecified atom stereocenters. The predicted octanol–water partition coefficient (Wildman–Crippen LogP) is 3.74. The van der Waals surface area contributed by atoms with Crippen LogP contribution < -0.4 is 5.32 Å². The number of aliphatic hydroxyl groups excluding tert-OH is 1. The van der Waals surface area contributed by atoms with Crippen LogP contribution in [-0.2, 0) is 16.3 Å². The van der Waals surface area contributed by atoms with E-state index in [-0.39, 0.29) is 15.5 Å². The number of hydrogen-bond donors (Lipinski definition) is 3. The van der Waals surface area contributed by atoms with Crippen LogP contribution in [0.25, 0.3) is 0 Å². The van der Waals surface area contributed by atoms with E-state index in [4.69, 9.17) is 11.6 Å². The minimum atomic E-state index is -3.77. The van der Waals surface area contributed by atoms with Crippen molar-refractivity contribution < 1.29 is 18.6 Å². The van der Waals surface area contributed by atoms with Crippen LogP contribution >= 0.6 is 11.6 Å². The molecule has 3 N–H and O–H groups in total. The third-order valence-electron chi connectivity index (χ3n) is 4.55. The number of phenolic OH excluding ortho intramolecular Hbond substituents is 1. The average Bonchev–Trinajstić information content (AvgIpc) is 2.71. The molecule has 3 aromatic rings. The van der Waals surface area contributed by atoms with E-state index in [0.717, 1.165) is 11.1 Å². The second-order valence-corrected chi connectivity index (χ2v) is 8.99. The highest BCUT2D eigenvalue weighted by Gasteiger charge is 2.20. The number of aromatic hydroxyl groups is 1. The first-order valence-corrected chi connectivity index (χ1v) is 11.0. The number of halogens is 1. The fourth-order valence-corrected chi connectivity index (χ4v) is 4.50. The molecule has 3 aromatic carbocycles. The Morgan fingerprint density at radius 1 is 0.966 bits per heavy atom. The third kappa shape index (κ3) is 5.36. The highest BCUT2D eigenvalue weighted by atomic mass is 35.5. The molecule has 1 atom stereocenters. The van der Waals surface area contributed by atoms with Gasteiger partial charge < -0.3 is 15.5 Å². The summed E-state index contributed by atoms with van der Waals surface area (Å²) in [6, 6.07) is 19.6. The van der Waals surface area contributed by atoms with Crippen LogP contribution in [0.2, 0.25) is 5.02 Å². The fourth-order valence-electron chi connectivity index (χ4n) is 2.95. The van der Waals surface area contributed by atoms with E-state index < -0.39 is 15.9 Å². The lowest BCUT2D eigenvalue weighted by molar-refractivity contribution is 0.175. The first-order valence-electron chi connectivity index (χ1n) is 9.14. The van der Waals surface area contributed by atoms with Gasteiger partial charge in [0, 0.05) is 11.6 Å². The van der Waals surface area contributed by atoms with Gasteiger partial charge in [-0.3, -0.25) is 0 Å². The topological polar surface area (TPSA) is 86.6 Å². The summed E-state index contributed by atoms with van der Waals surface area (Å²) in [7, 11) is -3.77. The molecule has 5 nitrogen and oxygen atoms in total. The molecular formula is C22H22ClNO4S. The maximum atomic E-state index is 12.7. The molecule has 152 valence electrons. The van der Waals surface area contributed by atoms with E-state index in [0.29, 0.717) is 24.5 Å². The molecule has 0 saturated carbocycles. The quantitative estimate of drug-likeness (QED) is 0.473. The number of aliphatic hydroxyl groups is 1. The lowest BCUT2D eigenvalue weighted by atomic mass is 10.1. The average molecular weight is 432 g/mol. The molecule has 0 radical (unpaired) electrons. The highest BCUT2D eigenvalue weighted by Crippen LogP contribution is 2.28. The van der Waals surface area contributed by atoms with Crippen LogP contribution in [-0.4, -0.2) is 31.7 Å². The van der Waals surface area contributed by atoms with Gasteiger partial charge in [-0.15, -0.1) is 0 Å². The molecule has 0 aliphatic heterocycles. The van der Waals surface area contributed by atoms with E-state index in [1.54, 1.807) is 42.5 Å². The highest BCUT2D eigenvalue weighted by molar-refractivity contribution is 7.91. The smallest absolute Gasteiger partial charge is 0.210 e. The molecule has 0 aromatic heterocycles. The maximum absolute atomic E-state index is 12.7. The van der Waals surface area contributed by atoms with Crippen molar-refractivity contribution >= 4 is 21.4 Å². The second-order valence-electron chi connectivity index (χ2n) is 6.64. The van der Waals surface area contributed by atoms with Crippen LogP contribution in [0.4, 0.5) is 0 Å². The molecule has 0 heterocycles. The van der Waals surface area contributed by atoms with E-state index in [1.807, 2.05) is 6.07 Å². The first-order chi connectivity index (χ1) is 13.9. The minimum Gasteiger partial charge on any atom is -0.507 e. The summed E-state index contributed by atoms with van der Waals surface area (Å²) in [5.74, 6) is -0.265. The third-order valence-corrected chi connectivity index (χ3v) is 6.60. The van der Waals surface area contributed by atoms with E-state index in [1.165, 1.54) is 24.3 Å². The zero-order valence-corrected chi connectivity index (χ0v) is 17.2. The summed E-state index contributed by atoms with van der Waals surface area (Å²) in [6.45, 7) is 1.02. The van der Waals surface area contributed by atoms with Crippen LogP contribution in [0.15, 0.2) is 82.6 Å². The summed E-state index contributed by atoms with van der Waals surface area (Å²) in [5, 5.41) is 23.8. The van der Waals surface area contributed by atoms with Crippen LogP contribution in [0, 0.1) is 0 Å². The molecular weight excluding hydrogens is 410 g/mol. The van der Waals surface area contributed by atoms with Gasteiger partial charge in [0.05, 0.1) is 11.0 Å². The number of phenols is 1. The number of hydrogen-bond acceptors (Lipinski definition) is 5. The zero-order chi connectivity index (χ0) is 20.9. The Morgan fingerprint density at radius 3 is 2.38 bits per heavy atom. The number of nitrogens with one attached hydrogen (secondary N) is 1. The lowest BCUT2D eigenvalue weighted by Crippen LogP contribution is -2.23. The van der Waals surface area contributed by atoms with Crippen molar-refractivity contribution in [1.29, 1.82) is 0 Å². The molecule has 0 saturated heterocycles. The van der Waals surface area contributed by atoms with E-state index in [9.17, 15) is 18.6 Å². The van der Waals surface area contributed by atoms with Crippen molar-refractivity contribution in [3.05, 3.63) is 88.9 Å². The van der Waals surface area contributed by atoms with Crippen LogP contribution in [0.3, 0.4) is 0 Å². The van der Waals surface area contributed by atoms with Crippen LogP contribution in [0.5, 0.6) is 5.75 Å². The van der Waals surface area contributed by atoms with Gasteiger partial charge in [-0.05, 0) is 60.5 Å². The Hall–Kier alpha value is -2.38. The standard InChI is InChI=1S/C22H22ClNO4S/c23-18-5-3-4-17(14-18)21(26)15-24-13-12-16-8-10-19(11-9-16)29(27,28)22-7-2-1-6-20(22)25/h1-11,14,21,24-26H,12-13,15H2/t21-/m0/s1. The van der Waals surface area contributed by atoms with Gasteiger partial charge in [-0.25, -0.2) is 8.42 Å². The molecule has 3 rings (SSSR count). The van der Waals surface area contributed by atoms with Gasteiger partial charge in [0.15, 0.2) is 0 Å². The molecule has 0 spiro atoms. The Labute approximate surface area is 175 Å². The number of rotatable bonds is 8. The summed E-state index contributed by atoms with van der Waals surface area (Å²) >= 11 is 5.93. The normalized spacial score (nSPS) is 12.6. The summed E-state index contributed by atoms with van der Waals surface area (Å²) in [5.41, 5.74) is 1.72. The van der Waals surface area contributed by atoms with Gasteiger partial charge in [-0.1, -0.05) is 48.0 Å². The predicted molar refractivity (Wildman–Crippen MR) is 113 cm³/mol. The number of sulfone groups is 1. The first kappa shape index (κ1) is 21.3. The van der Waals surface area contributed by atoms with Crippen molar-refractivity contribution in [3.8, 4) is 5.75 Å². The van der Waals surface area contributed by atoms with Crippen molar-refractivity contribution in [1.82, 2.24) is 5.32 Å². The van der Waals surface area contributed by atoms with Gasteiger partial charge in [0.1, 0.15) is 10.6 Å². The summed E-state index contributed by atoms with van der Waals surface area (Å²) in [4.78, 5) is 0.0245. The van der Waals surface area contributed by atoms with Gasteiger partial charge in [-0.2, -0.15) is 0 Å². The SMILES string of the molecule is O=S(=O)(c1ccc(CCNC[C@H](O)c2cccc(Cl)c2)cc1)c1ccccc1O. The van der Waals surface area contributed by atoms with Gasteiger partial charge in [0.2, 0.25) is 9.84 Å². The molecule has 0 fully saturated rings. The van der Waals surface area contributed by atoms with Crippen molar-refractivity contribution in [3.63, 3.8) is 0 Å². The van der Waals surface area contributed by atoms with Gasteiger partial charge in [0.25, 0.3) is 0 Å². The Balaban J connectivity index is 1.55. The van der Waals surface area contributed by atoms with Gasteiger partial charge >= 0.3 is 0 Å². The Morgan fingerprint density at radius 2 is 1.69 bits per heavy atom. The Kier molecular flexibility index (Phi) is 6.92. The number of benzene rings is 3. The molecule has 0 aliphatic carbocycles. The van der Waals surface area contributed by atoms with Crippen molar-refractivity contribution in [2.24, 2.45) is 0 Å². The second kappa shape index (κ2) is 9.41. The van der Waals surface area contributed by atoms with E-state index in [2.05, 4.69) is 5.32 Å². The lowest BCUT2D eigenvalue weighted by Gasteiger charge is -2.13. The summed E-state index contributed by atoms with van der Waals surface area (Å²) < 4.78 is 25.3. The van der Waals surface area contributed by atoms with E-state index >= 15 is 0 Å². The molecule has 7 heteroatoms. The fraction of sp³-hybridized carbons (Fsp3) is 0.182.